The van der Waals surface area contributed by atoms with Gasteiger partial charge in [-0.25, -0.2) is 13.6 Å². The van der Waals surface area contributed by atoms with Gasteiger partial charge < -0.3 is 5.32 Å². The van der Waals surface area contributed by atoms with Crippen molar-refractivity contribution < 1.29 is 8.78 Å². The fourth-order valence-electron chi connectivity index (χ4n) is 2.58. The molecule has 0 spiro atoms. The molecule has 5 nitrogen and oxygen atoms in total. The maximum atomic E-state index is 14.0. The summed E-state index contributed by atoms with van der Waals surface area (Å²) in [6.45, 7) is 0.259. The third kappa shape index (κ3) is 3.72. The van der Waals surface area contributed by atoms with Crippen LogP contribution in [0.15, 0.2) is 64.2 Å². The van der Waals surface area contributed by atoms with Gasteiger partial charge in [0, 0.05) is 31.3 Å². The molecule has 0 amide bonds. The van der Waals surface area contributed by atoms with E-state index in [1.54, 1.807) is 0 Å². The van der Waals surface area contributed by atoms with Crippen molar-refractivity contribution >= 4 is 5.82 Å². The Labute approximate surface area is 148 Å². The van der Waals surface area contributed by atoms with Crippen LogP contribution < -0.4 is 16.6 Å². The molecular formula is C19H17F2N3O2. The van der Waals surface area contributed by atoms with Gasteiger partial charge in [0.1, 0.15) is 17.5 Å². The molecule has 134 valence electrons. The molecule has 3 aromatic rings. The molecule has 0 unspecified atom stereocenters. The van der Waals surface area contributed by atoms with Gasteiger partial charge in [0.25, 0.3) is 5.56 Å². The quantitative estimate of drug-likeness (QED) is 0.763. The van der Waals surface area contributed by atoms with E-state index in [4.69, 9.17) is 0 Å². The molecule has 0 aliphatic carbocycles. The van der Waals surface area contributed by atoms with Gasteiger partial charge in [0.15, 0.2) is 0 Å². The van der Waals surface area contributed by atoms with Crippen LogP contribution in [0, 0.1) is 11.6 Å². The molecule has 0 saturated carbocycles. The molecule has 1 N–H and O–H groups in total. The Morgan fingerprint density at radius 2 is 1.73 bits per heavy atom. The fourth-order valence-corrected chi connectivity index (χ4v) is 2.58. The summed E-state index contributed by atoms with van der Waals surface area (Å²) in [6, 6.07) is 13.9. The molecule has 0 aliphatic heterocycles. The Balaban J connectivity index is 1.98. The topological polar surface area (TPSA) is 56.0 Å². The van der Waals surface area contributed by atoms with Crippen LogP contribution in [0.1, 0.15) is 11.1 Å². The molecule has 0 radical (unpaired) electrons. The summed E-state index contributed by atoms with van der Waals surface area (Å²) in [6.07, 6.45) is 0. The van der Waals surface area contributed by atoms with Crippen molar-refractivity contribution in [2.45, 2.75) is 13.1 Å². The molecule has 0 bridgehead atoms. The molecule has 2 aromatic carbocycles. The first-order chi connectivity index (χ1) is 12.5. The molecule has 0 atom stereocenters. The van der Waals surface area contributed by atoms with Crippen LogP contribution in [-0.4, -0.2) is 9.13 Å². The molecule has 0 aliphatic rings. The molecular weight excluding hydrogens is 340 g/mol. The van der Waals surface area contributed by atoms with Gasteiger partial charge in [0.2, 0.25) is 0 Å². The largest absolute Gasteiger partial charge is 0.367 e. The molecule has 26 heavy (non-hydrogen) atoms. The van der Waals surface area contributed by atoms with E-state index in [0.717, 1.165) is 22.3 Å². The van der Waals surface area contributed by atoms with E-state index in [-0.39, 0.29) is 17.9 Å². The minimum Gasteiger partial charge on any atom is -0.367 e. The minimum atomic E-state index is -0.750. The van der Waals surface area contributed by atoms with Crippen molar-refractivity contribution in [3.8, 4) is 0 Å². The summed E-state index contributed by atoms with van der Waals surface area (Å²) >= 11 is 0. The maximum Gasteiger partial charge on any atom is 0.332 e. The second-order valence-electron chi connectivity index (χ2n) is 5.87. The number of anilines is 1. The highest BCUT2D eigenvalue weighted by molar-refractivity contribution is 5.37. The Kier molecular flexibility index (Phi) is 4.97. The van der Waals surface area contributed by atoms with Crippen LogP contribution in [0.25, 0.3) is 0 Å². The summed E-state index contributed by atoms with van der Waals surface area (Å²) in [4.78, 5) is 24.5. The van der Waals surface area contributed by atoms with Crippen molar-refractivity contribution in [2.24, 2.45) is 7.05 Å². The minimum absolute atomic E-state index is 0.129. The van der Waals surface area contributed by atoms with E-state index in [9.17, 15) is 18.4 Å². The third-order valence-electron chi connectivity index (χ3n) is 4.06. The Morgan fingerprint density at radius 3 is 2.42 bits per heavy atom. The average Bonchev–Trinajstić information content (AvgIpc) is 2.63. The second-order valence-corrected chi connectivity index (χ2v) is 5.87. The fraction of sp³-hybridized carbons (Fsp3) is 0.158. The maximum absolute atomic E-state index is 14.0. The number of hydrogen-bond donors (Lipinski definition) is 1. The lowest BCUT2D eigenvalue weighted by Crippen LogP contribution is -2.39. The summed E-state index contributed by atoms with van der Waals surface area (Å²) in [5.74, 6) is -1.17. The predicted octanol–water partition coefficient (Wildman–Crippen LogP) is 2.49. The molecule has 0 fully saturated rings. The number of halogens is 2. The average molecular weight is 357 g/mol. The molecule has 1 aromatic heterocycles. The van der Waals surface area contributed by atoms with Crippen LogP contribution in [0.2, 0.25) is 0 Å². The van der Waals surface area contributed by atoms with Crippen molar-refractivity contribution in [3.05, 3.63) is 98.2 Å². The van der Waals surface area contributed by atoms with Crippen LogP contribution >= 0.6 is 0 Å². The van der Waals surface area contributed by atoms with Crippen LogP contribution in [0.3, 0.4) is 0 Å². The predicted molar refractivity (Wildman–Crippen MR) is 95.2 cm³/mol. The zero-order valence-corrected chi connectivity index (χ0v) is 14.1. The van der Waals surface area contributed by atoms with Gasteiger partial charge in [-0.3, -0.25) is 13.9 Å². The summed E-state index contributed by atoms with van der Waals surface area (Å²) in [5, 5.41) is 3.04. The van der Waals surface area contributed by atoms with Crippen LogP contribution in [0.5, 0.6) is 0 Å². The SMILES string of the molecule is Cn1c(=O)cc(NCc2ccccc2)n(Cc2ccc(F)cc2F)c1=O. The molecule has 7 heteroatoms. The zero-order valence-electron chi connectivity index (χ0n) is 14.1. The zero-order chi connectivity index (χ0) is 18.7. The highest BCUT2D eigenvalue weighted by atomic mass is 19.1. The van der Waals surface area contributed by atoms with Crippen molar-refractivity contribution in [3.63, 3.8) is 0 Å². The van der Waals surface area contributed by atoms with Crippen molar-refractivity contribution in [1.29, 1.82) is 0 Å². The van der Waals surface area contributed by atoms with E-state index in [1.165, 1.54) is 23.7 Å². The van der Waals surface area contributed by atoms with Gasteiger partial charge >= 0.3 is 5.69 Å². The van der Waals surface area contributed by atoms with E-state index < -0.39 is 22.9 Å². The first kappa shape index (κ1) is 17.6. The number of rotatable bonds is 5. The van der Waals surface area contributed by atoms with E-state index in [0.29, 0.717) is 6.54 Å². The lowest BCUT2D eigenvalue weighted by atomic mass is 10.2. The van der Waals surface area contributed by atoms with Crippen LogP contribution in [0.4, 0.5) is 14.6 Å². The number of nitrogens with one attached hydrogen (secondary N) is 1. The number of benzene rings is 2. The Morgan fingerprint density at radius 1 is 1.00 bits per heavy atom. The van der Waals surface area contributed by atoms with Crippen molar-refractivity contribution in [2.75, 3.05) is 5.32 Å². The summed E-state index contributed by atoms with van der Waals surface area (Å²) in [7, 11) is 1.35. The van der Waals surface area contributed by atoms with Crippen LogP contribution in [-0.2, 0) is 20.1 Å². The van der Waals surface area contributed by atoms with Gasteiger partial charge in [-0.1, -0.05) is 36.4 Å². The van der Waals surface area contributed by atoms with Gasteiger partial charge in [-0.05, 0) is 11.6 Å². The lowest BCUT2D eigenvalue weighted by Gasteiger charge is -2.16. The summed E-state index contributed by atoms with van der Waals surface area (Å²) < 4.78 is 29.3. The van der Waals surface area contributed by atoms with Gasteiger partial charge in [-0.15, -0.1) is 0 Å². The lowest BCUT2D eigenvalue weighted by molar-refractivity contribution is 0.559. The van der Waals surface area contributed by atoms with Gasteiger partial charge in [0.05, 0.1) is 6.54 Å². The molecule has 3 rings (SSSR count). The van der Waals surface area contributed by atoms with E-state index in [1.807, 2.05) is 30.3 Å². The number of hydrogen-bond acceptors (Lipinski definition) is 3. The molecule has 1 heterocycles. The highest BCUT2D eigenvalue weighted by Crippen LogP contribution is 2.13. The normalized spacial score (nSPS) is 10.7. The van der Waals surface area contributed by atoms with E-state index in [2.05, 4.69) is 5.32 Å². The van der Waals surface area contributed by atoms with E-state index >= 15 is 0 Å². The third-order valence-corrected chi connectivity index (χ3v) is 4.06. The smallest absolute Gasteiger partial charge is 0.332 e. The molecule has 0 saturated heterocycles. The summed E-state index contributed by atoms with van der Waals surface area (Å²) in [5.41, 5.74) is 0.0493. The Hall–Kier alpha value is -3.22. The number of nitrogens with zero attached hydrogens (tertiary/aromatic N) is 2. The monoisotopic (exact) mass is 357 g/mol. The number of aromatic nitrogens is 2. The first-order valence-corrected chi connectivity index (χ1v) is 7.98. The first-order valence-electron chi connectivity index (χ1n) is 7.98. The Bertz CT molecular complexity index is 1040. The standard InChI is InChI=1S/C19H17F2N3O2/c1-23-18(25)10-17(22-11-13-5-3-2-4-6-13)24(19(23)26)12-14-7-8-15(20)9-16(14)21/h2-10,22H,11-12H2,1H3. The second kappa shape index (κ2) is 7.35. The highest BCUT2D eigenvalue weighted by Gasteiger charge is 2.12. The van der Waals surface area contributed by atoms with Crippen molar-refractivity contribution in [1.82, 2.24) is 9.13 Å². The van der Waals surface area contributed by atoms with Gasteiger partial charge in [-0.2, -0.15) is 0 Å².